The first kappa shape index (κ1) is 10.8. The topological polar surface area (TPSA) is 55.9 Å². The van der Waals surface area contributed by atoms with Gasteiger partial charge in [-0.15, -0.1) is 11.8 Å². The molecule has 0 spiro atoms. The lowest BCUT2D eigenvalue weighted by Gasteiger charge is -2.10. The van der Waals surface area contributed by atoms with Crippen molar-refractivity contribution in [2.45, 2.75) is 25.8 Å². The molecule has 1 unspecified atom stereocenters. The molecule has 1 rings (SSSR count). The second kappa shape index (κ2) is 5.43. The van der Waals surface area contributed by atoms with E-state index in [0.29, 0.717) is 0 Å². The van der Waals surface area contributed by atoms with Crippen molar-refractivity contribution in [3.05, 3.63) is 18.0 Å². The van der Waals surface area contributed by atoms with Crippen LogP contribution in [0.3, 0.4) is 0 Å². The highest BCUT2D eigenvalue weighted by atomic mass is 15.3. The van der Waals surface area contributed by atoms with Gasteiger partial charge in [0.1, 0.15) is 0 Å². The van der Waals surface area contributed by atoms with Gasteiger partial charge >= 0.3 is 0 Å². The van der Waals surface area contributed by atoms with Gasteiger partial charge in [0.25, 0.3) is 0 Å². The van der Waals surface area contributed by atoms with Gasteiger partial charge in [0.15, 0.2) is 0 Å². The fourth-order valence-electron chi connectivity index (χ4n) is 1.28. The normalized spacial score (nSPS) is 11.9. The standard InChI is InChI=1S/C10H16N4/c1-3-4-5-6-9(12-11)10-7-8-14(2)13-10/h7-9,12H,5-6,11H2,1-2H3. The average Bonchev–Trinajstić information content (AvgIpc) is 2.60. The minimum absolute atomic E-state index is 0.0945. The predicted octanol–water partition coefficient (Wildman–Crippen LogP) is 0.728. The molecule has 1 heterocycles. The number of hydrogen-bond donors (Lipinski definition) is 2. The molecule has 14 heavy (non-hydrogen) atoms. The molecule has 4 heteroatoms. The van der Waals surface area contributed by atoms with Crippen molar-refractivity contribution in [1.29, 1.82) is 0 Å². The maximum Gasteiger partial charge on any atom is 0.0807 e. The molecule has 0 aliphatic heterocycles. The molecular formula is C10H16N4. The fraction of sp³-hybridized carbons (Fsp3) is 0.500. The molecule has 1 aromatic rings. The lowest BCUT2D eigenvalue weighted by molar-refractivity contribution is 0.504. The molecule has 0 aliphatic carbocycles. The third-order valence-electron chi connectivity index (χ3n) is 2.03. The highest BCUT2D eigenvalue weighted by molar-refractivity contribution is 5.06. The van der Waals surface area contributed by atoms with Crippen molar-refractivity contribution >= 4 is 0 Å². The van der Waals surface area contributed by atoms with E-state index in [1.54, 1.807) is 4.68 Å². The van der Waals surface area contributed by atoms with Crippen LogP contribution in [0.4, 0.5) is 0 Å². The Balaban J connectivity index is 2.56. The molecule has 0 radical (unpaired) electrons. The number of rotatable bonds is 4. The van der Waals surface area contributed by atoms with Gasteiger partial charge < -0.3 is 0 Å². The maximum absolute atomic E-state index is 5.45. The van der Waals surface area contributed by atoms with E-state index in [1.165, 1.54) is 0 Å². The molecule has 0 saturated carbocycles. The second-order valence-electron chi connectivity index (χ2n) is 3.10. The largest absolute Gasteiger partial charge is 0.275 e. The summed E-state index contributed by atoms with van der Waals surface area (Å²) < 4.78 is 1.77. The zero-order valence-corrected chi connectivity index (χ0v) is 8.62. The van der Waals surface area contributed by atoms with E-state index >= 15 is 0 Å². The van der Waals surface area contributed by atoms with Crippen molar-refractivity contribution in [2.24, 2.45) is 12.9 Å². The van der Waals surface area contributed by atoms with Crippen molar-refractivity contribution in [3.63, 3.8) is 0 Å². The minimum atomic E-state index is 0.0945. The van der Waals surface area contributed by atoms with Crippen LogP contribution in [0, 0.1) is 11.8 Å². The summed E-state index contributed by atoms with van der Waals surface area (Å²) in [6, 6.07) is 2.06. The molecular weight excluding hydrogens is 176 g/mol. The summed E-state index contributed by atoms with van der Waals surface area (Å²) in [6.07, 6.45) is 3.63. The van der Waals surface area contributed by atoms with Gasteiger partial charge in [0.05, 0.1) is 11.7 Å². The van der Waals surface area contributed by atoms with Gasteiger partial charge in [-0.3, -0.25) is 16.0 Å². The maximum atomic E-state index is 5.45. The van der Waals surface area contributed by atoms with Crippen LogP contribution in [0.5, 0.6) is 0 Å². The van der Waals surface area contributed by atoms with Crippen LogP contribution in [0.1, 0.15) is 31.5 Å². The van der Waals surface area contributed by atoms with E-state index in [-0.39, 0.29) is 6.04 Å². The van der Waals surface area contributed by atoms with Gasteiger partial charge in [-0.25, -0.2) is 0 Å². The first-order chi connectivity index (χ1) is 6.77. The third-order valence-corrected chi connectivity index (χ3v) is 2.03. The Hall–Kier alpha value is -1.31. The highest BCUT2D eigenvalue weighted by Crippen LogP contribution is 2.14. The van der Waals surface area contributed by atoms with Crippen molar-refractivity contribution in [3.8, 4) is 11.8 Å². The van der Waals surface area contributed by atoms with Crippen LogP contribution in [0.25, 0.3) is 0 Å². The van der Waals surface area contributed by atoms with Crippen molar-refractivity contribution < 1.29 is 0 Å². The summed E-state index contributed by atoms with van der Waals surface area (Å²) in [6.45, 7) is 1.84. The molecule has 0 aliphatic rings. The van der Waals surface area contributed by atoms with Crippen LogP contribution >= 0.6 is 0 Å². The Morgan fingerprint density at radius 3 is 3.00 bits per heavy atom. The summed E-state index contributed by atoms with van der Waals surface area (Å²) in [5.41, 5.74) is 3.71. The van der Waals surface area contributed by atoms with Gasteiger partial charge in [-0.1, -0.05) is 0 Å². The number of aromatic nitrogens is 2. The molecule has 3 N–H and O–H groups in total. The fourth-order valence-corrected chi connectivity index (χ4v) is 1.28. The second-order valence-corrected chi connectivity index (χ2v) is 3.10. The smallest absolute Gasteiger partial charge is 0.0807 e. The number of aryl methyl sites for hydroxylation is 1. The Kier molecular flexibility index (Phi) is 4.17. The monoisotopic (exact) mass is 192 g/mol. The van der Waals surface area contributed by atoms with E-state index in [9.17, 15) is 0 Å². The summed E-state index contributed by atoms with van der Waals surface area (Å²) in [7, 11) is 1.89. The summed E-state index contributed by atoms with van der Waals surface area (Å²) in [4.78, 5) is 0. The molecule has 1 atom stereocenters. The van der Waals surface area contributed by atoms with Gasteiger partial charge in [0, 0.05) is 19.7 Å². The molecule has 0 amide bonds. The number of hydrogen-bond acceptors (Lipinski definition) is 3. The highest BCUT2D eigenvalue weighted by Gasteiger charge is 2.10. The van der Waals surface area contributed by atoms with Gasteiger partial charge in [-0.2, -0.15) is 5.10 Å². The molecule has 0 saturated heterocycles. The number of nitrogens with two attached hydrogens (primary N) is 1. The van der Waals surface area contributed by atoms with E-state index in [0.717, 1.165) is 18.5 Å². The Morgan fingerprint density at radius 2 is 2.50 bits per heavy atom. The van der Waals surface area contributed by atoms with E-state index in [2.05, 4.69) is 22.4 Å². The summed E-state index contributed by atoms with van der Waals surface area (Å²) in [5, 5.41) is 4.29. The minimum Gasteiger partial charge on any atom is -0.275 e. The number of nitrogens with one attached hydrogen (secondary N) is 1. The first-order valence-corrected chi connectivity index (χ1v) is 4.63. The van der Waals surface area contributed by atoms with E-state index in [1.807, 2.05) is 26.2 Å². The Labute approximate surface area is 84.5 Å². The quantitative estimate of drug-likeness (QED) is 0.420. The van der Waals surface area contributed by atoms with Crippen LogP contribution < -0.4 is 11.3 Å². The van der Waals surface area contributed by atoms with Crippen LogP contribution in [0.15, 0.2) is 12.3 Å². The van der Waals surface area contributed by atoms with Crippen LogP contribution in [0.2, 0.25) is 0 Å². The summed E-state index contributed by atoms with van der Waals surface area (Å²) >= 11 is 0. The SMILES string of the molecule is CC#CCCC(NN)c1ccn(C)n1. The number of hydrazine groups is 1. The molecule has 0 aromatic carbocycles. The zero-order valence-electron chi connectivity index (χ0n) is 8.62. The molecule has 76 valence electrons. The third kappa shape index (κ3) is 2.87. The average molecular weight is 192 g/mol. The lowest BCUT2D eigenvalue weighted by Crippen LogP contribution is -2.28. The summed E-state index contributed by atoms with van der Waals surface area (Å²) in [5.74, 6) is 11.3. The van der Waals surface area contributed by atoms with Crippen LogP contribution in [-0.2, 0) is 7.05 Å². The van der Waals surface area contributed by atoms with E-state index in [4.69, 9.17) is 5.84 Å². The molecule has 4 nitrogen and oxygen atoms in total. The van der Waals surface area contributed by atoms with Crippen molar-refractivity contribution in [2.75, 3.05) is 0 Å². The van der Waals surface area contributed by atoms with Crippen molar-refractivity contribution in [1.82, 2.24) is 15.2 Å². The predicted molar refractivity (Wildman–Crippen MR) is 56.0 cm³/mol. The van der Waals surface area contributed by atoms with Gasteiger partial charge in [0.2, 0.25) is 0 Å². The molecule has 0 fully saturated rings. The molecule has 0 bridgehead atoms. The lowest BCUT2D eigenvalue weighted by atomic mass is 10.1. The van der Waals surface area contributed by atoms with E-state index < -0.39 is 0 Å². The zero-order chi connectivity index (χ0) is 10.4. The first-order valence-electron chi connectivity index (χ1n) is 4.63. The Morgan fingerprint density at radius 1 is 1.71 bits per heavy atom. The molecule has 1 aromatic heterocycles. The van der Waals surface area contributed by atoms with Crippen LogP contribution in [-0.4, -0.2) is 9.78 Å². The number of nitrogens with zero attached hydrogens (tertiary/aromatic N) is 2. The Bertz CT molecular complexity index is 331. The van der Waals surface area contributed by atoms with Gasteiger partial charge in [-0.05, 0) is 19.4 Å².